The van der Waals surface area contributed by atoms with E-state index in [1.807, 2.05) is 0 Å². The minimum atomic E-state index is -4.43. The molecule has 1 unspecified atom stereocenters. The Labute approximate surface area is 92.8 Å². The highest BCUT2D eigenvalue weighted by Gasteiger charge is 2.39. The van der Waals surface area contributed by atoms with Gasteiger partial charge in [0, 0.05) is 6.54 Å². The molecule has 3 nitrogen and oxygen atoms in total. The zero-order valence-corrected chi connectivity index (χ0v) is 9.56. The molecule has 0 heterocycles. The Morgan fingerprint density at radius 2 is 1.88 bits per heavy atom. The second-order valence-electron chi connectivity index (χ2n) is 3.73. The minimum absolute atomic E-state index is 0.0599. The van der Waals surface area contributed by atoms with Crippen LogP contribution >= 0.6 is 0 Å². The maximum atomic E-state index is 12.2. The van der Waals surface area contributed by atoms with Crippen molar-refractivity contribution in [3.8, 4) is 6.07 Å². The highest BCUT2D eigenvalue weighted by Crippen LogP contribution is 2.25. The lowest BCUT2D eigenvalue weighted by molar-refractivity contribution is -0.165. The summed E-state index contributed by atoms with van der Waals surface area (Å²) < 4.78 is 36.5. The van der Waals surface area contributed by atoms with Crippen LogP contribution in [0.2, 0.25) is 0 Å². The van der Waals surface area contributed by atoms with Gasteiger partial charge in [0.1, 0.15) is 12.0 Å². The summed E-state index contributed by atoms with van der Waals surface area (Å²) in [4.78, 5) is 12.4. The maximum Gasteiger partial charge on any atom is 0.406 e. The van der Waals surface area contributed by atoms with Gasteiger partial charge in [-0.25, -0.2) is 0 Å². The van der Waals surface area contributed by atoms with Crippen LogP contribution in [0.1, 0.15) is 27.2 Å². The van der Waals surface area contributed by atoms with Gasteiger partial charge in [-0.2, -0.15) is 18.4 Å². The Balaban J connectivity index is 4.87. The van der Waals surface area contributed by atoms with Crippen molar-refractivity contribution in [3.05, 3.63) is 0 Å². The summed E-state index contributed by atoms with van der Waals surface area (Å²) in [6, 6.07) is 1.77. The van der Waals surface area contributed by atoms with Gasteiger partial charge in [-0.15, -0.1) is 0 Å². The molecule has 0 N–H and O–H groups in total. The van der Waals surface area contributed by atoms with Crippen LogP contribution in [0.15, 0.2) is 0 Å². The SMILES string of the molecule is CCN(CC(F)(F)F)C(=O)C(C)(C#N)CC. The molecule has 0 aliphatic heterocycles. The van der Waals surface area contributed by atoms with E-state index in [1.54, 1.807) is 13.0 Å². The van der Waals surface area contributed by atoms with Crippen LogP contribution in [-0.2, 0) is 4.79 Å². The first-order valence-corrected chi connectivity index (χ1v) is 4.97. The van der Waals surface area contributed by atoms with Crippen LogP contribution in [0.4, 0.5) is 13.2 Å². The van der Waals surface area contributed by atoms with Crippen molar-refractivity contribution >= 4 is 5.91 Å². The number of nitriles is 1. The fraction of sp³-hybridized carbons (Fsp3) is 0.800. The topological polar surface area (TPSA) is 44.1 Å². The van der Waals surface area contributed by atoms with E-state index in [4.69, 9.17) is 5.26 Å². The average Bonchev–Trinajstić information content (AvgIpc) is 2.22. The molecule has 0 bridgehead atoms. The van der Waals surface area contributed by atoms with E-state index in [0.717, 1.165) is 0 Å². The Morgan fingerprint density at radius 1 is 1.38 bits per heavy atom. The van der Waals surface area contributed by atoms with Crippen molar-refractivity contribution in [2.75, 3.05) is 13.1 Å². The fourth-order valence-corrected chi connectivity index (χ4v) is 1.17. The lowest BCUT2D eigenvalue weighted by Crippen LogP contribution is -2.45. The summed E-state index contributed by atoms with van der Waals surface area (Å²) >= 11 is 0. The Hall–Kier alpha value is -1.25. The molecule has 0 aliphatic carbocycles. The quantitative estimate of drug-likeness (QED) is 0.752. The van der Waals surface area contributed by atoms with Crippen molar-refractivity contribution in [1.82, 2.24) is 4.90 Å². The van der Waals surface area contributed by atoms with Crippen molar-refractivity contribution in [2.45, 2.75) is 33.4 Å². The monoisotopic (exact) mass is 236 g/mol. The van der Waals surface area contributed by atoms with Gasteiger partial charge in [0.25, 0.3) is 0 Å². The molecule has 0 rings (SSSR count). The summed E-state index contributed by atoms with van der Waals surface area (Å²) in [5, 5.41) is 8.82. The molecule has 6 heteroatoms. The van der Waals surface area contributed by atoms with Crippen LogP contribution in [0, 0.1) is 16.7 Å². The number of carbonyl (C=O) groups is 1. The van der Waals surface area contributed by atoms with E-state index in [-0.39, 0.29) is 13.0 Å². The Bertz CT molecular complexity index is 295. The molecular weight excluding hydrogens is 221 g/mol. The molecule has 0 aromatic carbocycles. The van der Waals surface area contributed by atoms with E-state index in [2.05, 4.69) is 0 Å². The Morgan fingerprint density at radius 3 is 2.12 bits per heavy atom. The van der Waals surface area contributed by atoms with Crippen LogP contribution in [0.25, 0.3) is 0 Å². The zero-order chi connectivity index (χ0) is 13.0. The third-order valence-corrected chi connectivity index (χ3v) is 2.46. The van der Waals surface area contributed by atoms with Gasteiger partial charge in [-0.1, -0.05) is 6.92 Å². The first kappa shape index (κ1) is 14.8. The number of carbonyl (C=O) groups excluding carboxylic acids is 1. The van der Waals surface area contributed by atoms with E-state index in [0.29, 0.717) is 4.90 Å². The molecule has 0 saturated heterocycles. The first-order chi connectivity index (χ1) is 7.20. The average molecular weight is 236 g/mol. The van der Waals surface area contributed by atoms with Crippen LogP contribution in [0.3, 0.4) is 0 Å². The van der Waals surface area contributed by atoms with Gasteiger partial charge in [-0.05, 0) is 20.3 Å². The van der Waals surface area contributed by atoms with Crippen molar-refractivity contribution in [1.29, 1.82) is 5.26 Å². The number of hydrogen-bond donors (Lipinski definition) is 0. The lowest BCUT2D eigenvalue weighted by Gasteiger charge is -2.29. The predicted octanol–water partition coefficient (Wildman–Crippen LogP) is 2.34. The van der Waals surface area contributed by atoms with Gasteiger partial charge in [0.15, 0.2) is 0 Å². The maximum absolute atomic E-state index is 12.2. The Kier molecular flexibility index (Phi) is 4.79. The first-order valence-electron chi connectivity index (χ1n) is 4.97. The molecule has 16 heavy (non-hydrogen) atoms. The molecular formula is C10H15F3N2O. The highest BCUT2D eigenvalue weighted by molar-refractivity contribution is 5.85. The fourth-order valence-electron chi connectivity index (χ4n) is 1.17. The number of alkyl halides is 3. The lowest BCUT2D eigenvalue weighted by atomic mass is 9.88. The number of nitrogens with zero attached hydrogens (tertiary/aromatic N) is 2. The second kappa shape index (κ2) is 5.19. The number of rotatable bonds is 4. The molecule has 92 valence electrons. The van der Waals surface area contributed by atoms with Crippen LogP contribution < -0.4 is 0 Å². The standard InChI is InChI=1S/C10H15F3N2O/c1-4-9(3,6-14)8(16)15(5-2)7-10(11,12)13/h4-5,7H2,1-3H3. The third kappa shape index (κ3) is 3.72. The number of hydrogen-bond acceptors (Lipinski definition) is 2. The number of amides is 1. The minimum Gasteiger partial charge on any atom is -0.332 e. The van der Waals surface area contributed by atoms with Crippen molar-refractivity contribution in [2.24, 2.45) is 5.41 Å². The summed E-state index contributed by atoms with van der Waals surface area (Å²) in [6.45, 7) is 3.04. The summed E-state index contributed by atoms with van der Waals surface area (Å²) in [7, 11) is 0. The molecule has 0 radical (unpaired) electrons. The molecule has 1 amide bonds. The molecule has 0 aromatic heterocycles. The van der Waals surface area contributed by atoms with E-state index < -0.39 is 24.0 Å². The third-order valence-electron chi connectivity index (χ3n) is 2.46. The van der Waals surface area contributed by atoms with Crippen molar-refractivity contribution in [3.63, 3.8) is 0 Å². The normalized spacial score (nSPS) is 15.1. The molecule has 0 aromatic rings. The number of halogens is 3. The van der Waals surface area contributed by atoms with Gasteiger partial charge in [0.05, 0.1) is 6.07 Å². The molecule has 1 atom stereocenters. The van der Waals surface area contributed by atoms with Gasteiger partial charge in [0.2, 0.25) is 5.91 Å². The predicted molar refractivity (Wildman–Crippen MR) is 52.3 cm³/mol. The van der Waals surface area contributed by atoms with Gasteiger partial charge >= 0.3 is 6.18 Å². The molecule has 0 fully saturated rings. The summed E-state index contributed by atoms with van der Waals surface area (Å²) in [5.41, 5.74) is -1.37. The van der Waals surface area contributed by atoms with E-state index in [9.17, 15) is 18.0 Å². The highest BCUT2D eigenvalue weighted by atomic mass is 19.4. The van der Waals surface area contributed by atoms with Crippen LogP contribution in [-0.4, -0.2) is 30.1 Å². The molecule has 0 spiro atoms. The zero-order valence-electron chi connectivity index (χ0n) is 9.56. The van der Waals surface area contributed by atoms with E-state index >= 15 is 0 Å². The summed E-state index contributed by atoms with van der Waals surface area (Å²) in [6.07, 6.45) is -4.24. The molecule has 0 aliphatic rings. The van der Waals surface area contributed by atoms with Gasteiger partial charge < -0.3 is 4.90 Å². The van der Waals surface area contributed by atoms with Crippen molar-refractivity contribution < 1.29 is 18.0 Å². The van der Waals surface area contributed by atoms with Gasteiger partial charge in [-0.3, -0.25) is 4.79 Å². The summed E-state index contributed by atoms with van der Waals surface area (Å²) in [5.74, 6) is -0.766. The second-order valence-corrected chi connectivity index (χ2v) is 3.73. The molecule has 0 saturated carbocycles. The smallest absolute Gasteiger partial charge is 0.332 e. The van der Waals surface area contributed by atoms with Crippen LogP contribution in [0.5, 0.6) is 0 Å². The largest absolute Gasteiger partial charge is 0.406 e. The van der Waals surface area contributed by atoms with E-state index in [1.165, 1.54) is 13.8 Å².